The summed E-state index contributed by atoms with van der Waals surface area (Å²) in [5, 5.41) is 5.87. The molecule has 1 aliphatic rings. The van der Waals surface area contributed by atoms with E-state index in [0.29, 0.717) is 29.4 Å². The Bertz CT molecular complexity index is 1180. The van der Waals surface area contributed by atoms with Gasteiger partial charge >= 0.3 is 0 Å². The van der Waals surface area contributed by atoms with Crippen LogP contribution in [0.3, 0.4) is 0 Å². The Morgan fingerprint density at radius 1 is 1.24 bits per heavy atom. The first-order valence-corrected chi connectivity index (χ1v) is 12.4. The minimum Gasteiger partial charge on any atom is -0.496 e. The molecule has 4 rings (SSSR count). The number of para-hydroxylation sites is 1. The first kappa shape index (κ1) is 23.7. The van der Waals surface area contributed by atoms with E-state index in [1.807, 2.05) is 47.3 Å². The van der Waals surface area contributed by atoms with Crippen molar-refractivity contribution in [3.8, 4) is 5.75 Å². The fraction of sp³-hybridized carbons (Fsp3) is 0.280. The fourth-order valence-electron chi connectivity index (χ4n) is 3.94. The highest BCUT2D eigenvalue weighted by Crippen LogP contribution is 2.32. The van der Waals surface area contributed by atoms with E-state index >= 15 is 0 Å². The lowest BCUT2D eigenvalue weighted by molar-refractivity contribution is -0.119. The summed E-state index contributed by atoms with van der Waals surface area (Å²) in [5.41, 5.74) is 4.61. The van der Waals surface area contributed by atoms with Gasteiger partial charge in [-0.1, -0.05) is 47.5 Å². The van der Waals surface area contributed by atoms with Gasteiger partial charge in [-0.15, -0.1) is 0 Å². The van der Waals surface area contributed by atoms with Crippen LogP contribution in [0.15, 0.2) is 59.6 Å². The molecule has 33 heavy (non-hydrogen) atoms. The Morgan fingerprint density at radius 2 is 2.09 bits per heavy atom. The summed E-state index contributed by atoms with van der Waals surface area (Å²) >= 11 is 13.7. The number of carbonyl (C=O) groups excluding carboxylic acids is 1. The SMILES string of the molecule is COc1ccccc1SNC(=O)CC/C=C1\CCCc2cnn(Cc3ccc(Cl)cc3Cl)c21. The van der Waals surface area contributed by atoms with Crippen molar-refractivity contribution in [2.45, 2.75) is 43.5 Å². The second-order valence-electron chi connectivity index (χ2n) is 7.81. The highest BCUT2D eigenvalue weighted by molar-refractivity contribution is 7.98. The smallest absolute Gasteiger partial charge is 0.230 e. The fourth-order valence-corrected chi connectivity index (χ4v) is 5.13. The molecule has 1 N–H and O–H groups in total. The molecule has 3 aromatic rings. The minimum absolute atomic E-state index is 0.0137. The monoisotopic (exact) mass is 501 g/mol. The van der Waals surface area contributed by atoms with Gasteiger partial charge in [0.25, 0.3) is 0 Å². The molecule has 0 radical (unpaired) electrons. The topological polar surface area (TPSA) is 56.1 Å². The third-order valence-electron chi connectivity index (χ3n) is 5.55. The van der Waals surface area contributed by atoms with Crippen molar-refractivity contribution in [1.82, 2.24) is 14.5 Å². The normalized spacial score (nSPS) is 14.2. The largest absolute Gasteiger partial charge is 0.496 e. The third-order valence-corrected chi connectivity index (χ3v) is 7.03. The van der Waals surface area contributed by atoms with Gasteiger partial charge in [0.2, 0.25) is 5.91 Å². The second kappa shape index (κ2) is 11.1. The predicted octanol–water partition coefficient (Wildman–Crippen LogP) is 6.57. The molecule has 0 atom stereocenters. The predicted molar refractivity (Wildman–Crippen MR) is 135 cm³/mol. The van der Waals surface area contributed by atoms with E-state index in [2.05, 4.69) is 15.9 Å². The van der Waals surface area contributed by atoms with Crippen molar-refractivity contribution < 1.29 is 9.53 Å². The van der Waals surface area contributed by atoms with Gasteiger partial charge < -0.3 is 4.74 Å². The molecule has 5 nitrogen and oxygen atoms in total. The summed E-state index contributed by atoms with van der Waals surface area (Å²) in [6.07, 6.45) is 8.28. The minimum atomic E-state index is -0.0137. The highest BCUT2D eigenvalue weighted by Gasteiger charge is 2.20. The number of aryl methyl sites for hydroxylation is 1. The number of halogens is 2. The standard InChI is InChI=1S/C25H25Cl2N3O2S/c1-32-22-9-2-3-10-23(22)33-29-24(31)11-5-7-17-6-4-8-18-15-28-30(25(17)18)16-19-12-13-20(26)14-21(19)27/h2-3,7,9-10,12-15H,4-6,8,11,16H2,1H3,(H,29,31)/b17-7+. The zero-order chi connectivity index (χ0) is 23.2. The number of hydrogen-bond donors (Lipinski definition) is 1. The summed E-state index contributed by atoms with van der Waals surface area (Å²) in [5.74, 6) is 0.731. The molecule has 1 aliphatic carbocycles. The number of allylic oxidation sites excluding steroid dienone is 2. The second-order valence-corrected chi connectivity index (χ2v) is 9.50. The lowest BCUT2D eigenvalue weighted by atomic mass is 9.92. The van der Waals surface area contributed by atoms with Crippen LogP contribution in [0.5, 0.6) is 5.75 Å². The summed E-state index contributed by atoms with van der Waals surface area (Å²) in [7, 11) is 1.62. The summed E-state index contributed by atoms with van der Waals surface area (Å²) in [6, 6.07) is 13.2. The molecular weight excluding hydrogens is 477 g/mol. The molecule has 0 bridgehead atoms. The zero-order valence-corrected chi connectivity index (χ0v) is 20.6. The van der Waals surface area contributed by atoms with Gasteiger partial charge in [-0.3, -0.25) is 14.2 Å². The number of ether oxygens (including phenoxy) is 1. The van der Waals surface area contributed by atoms with Crippen LogP contribution in [0.2, 0.25) is 10.0 Å². The van der Waals surface area contributed by atoms with E-state index in [4.69, 9.17) is 27.9 Å². The number of amides is 1. The molecule has 172 valence electrons. The number of carbonyl (C=O) groups is 1. The third kappa shape index (κ3) is 5.94. The van der Waals surface area contributed by atoms with E-state index < -0.39 is 0 Å². The maximum Gasteiger partial charge on any atom is 0.230 e. The number of benzene rings is 2. The molecular formula is C25H25Cl2N3O2S. The van der Waals surface area contributed by atoms with Gasteiger partial charge in [0, 0.05) is 16.5 Å². The van der Waals surface area contributed by atoms with Crippen molar-refractivity contribution in [1.29, 1.82) is 0 Å². The number of nitrogens with zero attached hydrogens (tertiary/aromatic N) is 2. The Balaban J connectivity index is 1.40. The van der Waals surface area contributed by atoms with Crippen molar-refractivity contribution >= 4 is 46.6 Å². The van der Waals surface area contributed by atoms with Crippen LogP contribution < -0.4 is 9.46 Å². The van der Waals surface area contributed by atoms with Crippen LogP contribution in [0.4, 0.5) is 0 Å². The van der Waals surface area contributed by atoms with Crippen LogP contribution in [0.25, 0.3) is 5.57 Å². The van der Waals surface area contributed by atoms with Crippen molar-refractivity contribution in [2.75, 3.05) is 7.11 Å². The number of nitrogens with one attached hydrogen (secondary N) is 1. The van der Waals surface area contributed by atoms with E-state index in [9.17, 15) is 4.79 Å². The first-order chi connectivity index (χ1) is 16.0. The molecule has 1 heterocycles. The number of hydrogen-bond acceptors (Lipinski definition) is 4. The average molecular weight is 502 g/mol. The zero-order valence-electron chi connectivity index (χ0n) is 18.3. The van der Waals surface area contributed by atoms with Crippen molar-refractivity contribution in [3.05, 3.63) is 81.6 Å². The van der Waals surface area contributed by atoms with Gasteiger partial charge in [0.15, 0.2) is 0 Å². The molecule has 0 fully saturated rings. The Morgan fingerprint density at radius 3 is 2.91 bits per heavy atom. The number of methoxy groups -OCH3 is 1. The lowest BCUT2D eigenvalue weighted by Gasteiger charge is -2.18. The van der Waals surface area contributed by atoms with Crippen molar-refractivity contribution in [2.24, 2.45) is 0 Å². The van der Waals surface area contributed by atoms with Crippen LogP contribution in [0, 0.1) is 0 Å². The van der Waals surface area contributed by atoms with Crippen LogP contribution >= 0.6 is 35.1 Å². The van der Waals surface area contributed by atoms with E-state index in [1.165, 1.54) is 23.1 Å². The Labute approximate surface area is 208 Å². The molecule has 8 heteroatoms. The Hall–Kier alpha value is -2.41. The van der Waals surface area contributed by atoms with Gasteiger partial charge in [-0.05, 0) is 78.6 Å². The summed E-state index contributed by atoms with van der Waals surface area (Å²) in [4.78, 5) is 13.3. The summed E-state index contributed by atoms with van der Waals surface area (Å²) < 4.78 is 10.2. The van der Waals surface area contributed by atoms with Gasteiger partial charge in [-0.2, -0.15) is 5.10 Å². The van der Waals surface area contributed by atoms with Crippen molar-refractivity contribution in [3.63, 3.8) is 0 Å². The molecule has 0 saturated carbocycles. The molecule has 0 spiro atoms. The van der Waals surface area contributed by atoms with Gasteiger partial charge in [0.05, 0.1) is 30.4 Å². The molecule has 0 saturated heterocycles. The number of rotatable bonds is 8. The quantitative estimate of drug-likeness (QED) is 0.354. The molecule has 0 aliphatic heterocycles. The van der Waals surface area contributed by atoms with Crippen LogP contribution in [-0.4, -0.2) is 22.8 Å². The maximum atomic E-state index is 12.4. The van der Waals surface area contributed by atoms with E-state index in [-0.39, 0.29) is 5.91 Å². The summed E-state index contributed by atoms with van der Waals surface area (Å²) in [6.45, 7) is 0.582. The molecule has 1 amide bonds. The van der Waals surface area contributed by atoms with Gasteiger partial charge in [0.1, 0.15) is 5.75 Å². The van der Waals surface area contributed by atoms with E-state index in [1.54, 1.807) is 13.2 Å². The van der Waals surface area contributed by atoms with Crippen LogP contribution in [-0.2, 0) is 17.8 Å². The lowest BCUT2D eigenvalue weighted by Crippen LogP contribution is -2.15. The molecule has 1 aromatic heterocycles. The average Bonchev–Trinajstić information content (AvgIpc) is 3.23. The maximum absolute atomic E-state index is 12.4. The number of fused-ring (bicyclic) bond motifs is 1. The Kier molecular flexibility index (Phi) is 8.02. The van der Waals surface area contributed by atoms with Gasteiger partial charge in [-0.25, -0.2) is 0 Å². The highest BCUT2D eigenvalue weighted by atomic mass is 35.5. The molecule has 2 aromatic carbocycles. The number of aromatic nitrogens is 2. The van der Waals surface area contributed by atoms with Crippen LogP contribution in [0.1, 0.15) is 42.5 Å². The molecule has 0 unspecified atom stereocenters. The first-order valence-electron chi connectivity index (χ1n) is 10.8. The van der Waals surface area contributed by atoms with E-state index in [0.717, 1.165) is 41.2 Å².